The maximum atomic E-state index is 5.58. The van der Waals surface area contributed by atoms with Crippen LogP contribution in [0, 0.1) is 13.5 Å². The van der Waals surface area contributed by atoms with Gasteiger partial charge in [0.05, 0.1) is 40.1 Å². The summed E-state index contributed by atoms with van der Waals surface area (Å²) in [6.45, 7) is 12.0. The lowest BCUT2D eigenvalue weighted by molar-refractivity contribution is 0.0136. The minimum atomic E-state index is 0.526. The van der Waals surface area contributed by atoms with Crippen LogP contribution >= 0.6 is 0 Å². The van der Waals surface area contributed by atoms with Gasteiger partial charge >= 0.3 is 0 Å². The summed E-state index contributed by atoms with van der Waals surface area (Å²) in [5.41, 5.74) is 1.82. The maximum Gasteiger partial charge on any atom is 0.125 e. The van der Waals surface area contributed by atoms with Crippen molar-refractivity contribution in [3.63, 3.8) is 0 Å². The fourth-order valence-electron chi connectivity index (χ4n) is 2.23. The quantitative estimate of drug-likeness (QED) is 0.650. The molecule has 0 saturated carbocycles. The van der Waals surface area contributed by atoms with E-state index in [9.17, 15) is 0 Å². The van der Waals surface area contributed by atoms with Crippen LogP contribution in [0.4, 0.5) is 0 Å². The van der Waals surface area contributed by atoms with Gasteiger partial charge in [-0.25, -0.2) is 0 Å². The highest BCUT2D eigenvalue weighted by Gasteiger charge is 2.09. The van der Waals surface area contributed by atoms with Crippen molar-refractivity contribution in [1.82, 2.24) is 4.90 Å². The molecule has 0 aromatic heterocycles. The zero-order valence-corrected chi connectivity index (χ0v) is 13.3. The molecule has 0 unspecified atom stereocenters. The molecule has 22 heavy (non-hydrogen) atoms. The van der Waals surface area contributed by atoms with Gasteiger partial charge in [0.2, 0.25) is 0 Å². The average Bonchev–Trinajstić information content (AvgIpc) is 2.56. The molecule has 2 radical (unpaired) electrons. The van der Waals surface area contributed by atoms with E-state index in [1.807, 2.05) is 18.2 Å². The Labute approximate surface area is 133 Å². The van der Waals surface area contributed by atoms with Gasteiger partial charge in [-0.2, -0.15) is 0 Å². The third-order valence-electron chi connectivity index (χ3n) is 3.51. The Morgan fingerprint density at radius 2 is 2.05 bits per heavy atom. The van der Waals surface area contributed by atoms with Crippen molar-refractivity contribution in [2.75, 3.05) is 59.8 Å². The molecule has 0 bridgehead atoms. The van der Waals surface area contributed by atoms with Gasteiger partial charge in [0.15, 0.2) is 0 Å². The molecule has 1 aromatic carbocycles. The zero-order valence-electron chi connectivity index (χ0n) is 13.3. The summed E-state index contributed by atoms with van der Waals surface area (Å²) in [7, 11) is 1.64. The summed E-state index contributed by atoms with van der Waals surface area (Å²) in [4.78, 5) is 2.35. The van der Waals surface area contributed by atoms with Crippen LogP contribution in [-0.2, 0) is 14.2 Å². The largest absolute Gasteiger partial charge is 0.496 e. The van der Waals surface area contributed by atoms with E-state index in [1.165, 1.54) is 0 Å². The smallest absolute Gasteiger partial charge is 0.125 e. The van der Waals surface area contributed by atoms with Crippen LogP contribution in [-0.4, -0.2) is 64.7 Å². The Kier molecular flexibility index (Phi) is 7.66. The van der Waals surface area contributed by atoms with Crippen LogP contribution < -0.4 is 4.74 Å². The normalized spacial score (nSPS) is 15.9. The number of hydrogen-bond donors (Lipinski definition) is 0. The van der Waals surface area contributed by atoms with Crippen LogP contribution in [0.25, 0.3) is 0 Å². The first-order chi connectivity index (χ1) is 10.8. The average molecular weight is 307 g/mol. The third kappa shape index (κ3) is 5.93. The van der Waals surface area contributed by atoms with Gasteiger partial charge in [0, 0.05) is 25.2 Å². The maximum absolute atomic E-state index is 5.58. The van der Waals surface area contributed by atoms with Crippen LogP contribution in [0.15, 0.2) is 18.2 Å². The van der Waals surface area contributed by atoms with Crippen molar-refractivity contribution in [1.29, 1.82) is 0 Å². The molecular formula is C17H25NO4. The van der Waals surface area contributed by atoms with Gasteiger partial charge in [-0.15, -0.1) is 0 Å². The molecule has 2 rings (SSSR count). The van der Waals surface area contributed by atoms with Gasteiger partial charge in [0.1, 0.15) is 12.4 Å². The van der Waals surface area contributed by atoms with Crippen LogP contribution in [0.3, 0.4) is 0 Å². The molecule has 1 heterocycles. The Morgan fingerprint density at radius 1 is 1.23 bits per heavy atom. The molecule has 1 fully saturated rings. The van der Waals surface area contributed by atoms with Gasteiger partial charge in [0.25, 0.3) is 0 Å². The molecule has 0 atom stereocenters. The number of rotatable bonds is 9. The molecule has 5 nitrogen and oxygen atoms in total. The van der Waals surface area contributed by atoms with Crippen molar-refractivity contribution in [2.45, 2.75) is 0 Å². The van der Waals surface area contributed by atoms with E-state index >= 15 is 0 Å². The molecule has 1 saturated heterocycles. The number of benzene rings is 1. The first kappa shape index (κ1) is 17.2. The van der Waals surface area contributed by atoms with Crippen molar-refractivity contribution in [3.8, 4) is 5.75 Å². The Morgan fingerprint density at radius 3 is 2.82 bits per heavy atom. The molecule has 0 N–H and O–H groups in total. The number of methoxy groups -OCH3 is 1. The lowest BCUT2D eigenvalue weighted by atomic mass is 10.1. The minimum Gasteiger partial charge on any atom is -0.496 e. The first-order valence-electron chi connectivity index (χ1n) is 7.62. The second kappa shape index (κ2) is 9.79. The first-order valence-corrected chi connectivity index (χ1v) is 7.62. The van der Waals surface area contributed by atoms with Crippen molar-refractivity contribution in [2.24, 2.45) is 0 Å². The van der Waals surface area contributed by atoms with Gasteiger partial charge in [-0.05, 0) is 18.6 Å². The number of nitrogens with zero attached hydrogens (tertiary/aromatic N) is 1. The van der Waals surface area contributed by atoms with Crippen LogP contribution in [0.5, 0.6) is 5.75 Å². The summed E-state index contributed by atoms with van der Waals surface area (Å²) in [6.07, 6.45) is 0. The highest BCUT2D eigenvalue weighted by atomic mass is 16.5. The Balaban J connectivity index is 1.54. The van der Waals surface area contributed by atoms with Gasteiger partial charge < -0.3 is 18.9 Å². The number of hydrogen-bond acceptors (Lipinski definition) is 5. The van der Waals surface area contributed by atoms with Crippen LogP contribution in [0.2, 0.25) is 0 Å². The number of morpholine rings is 1. The molecule has 1 aromatic rings. The lowest BCUT2D eigenvalue weighted by Gasteiger charge is -2.26. The minimum absolute atomic E-state index is 0.526. The van der Waals surface area contributed by atoms with Gasteiger partial charge in [-0.3, -0.25) is 4.90 Å². The predicted octanol–water partition coefficient (Wildman–Crippen LogP) is 1.75. The van der Waals surface area contributed by atoms with Crippen molar-refractivity contribution in [3.05, 3.63) is 42.9 Å². The summed E-state index contributed by atoms with van der Waals surface area (Å²) in [5, 5.41) is 0. The molecule has 1 aliphatic rings. The van der Waals surface area contributed by atoms with E-state index < -0.39 is 0 Å². The van der Waals surface area contributed by atoms with E-state index in [2.05, 4.69) is 11.8 Å². The Hall–Kier alpha value is -1.14. The van der Waals surface area contributed by atoms with Crippen molar-refractivity contribution < 1.29 is 18.9 Å². The number of ether oxygens (including phenoxy) is 4. The van der Waals surface area contributed by atoms with E-state index in [-0.39, 0.29) is 0 Å². The molecule has 0 spiro atoms. The Bertz CT molecular complexity index is 433. The molecule has 0 amide bonds. The SMILES string of the molecule is [CH2]c1ccc([CH]OCCOCCN2CCOCC2)c(OC)c1. The standard InChI is InChI=1S/C17H25NO4/c1-15-3-4-16(17(13-15)19-2)14-22-12-11-21-10-7-18-5-8-20-9-6-18/h3-4,13-14H,1,5-12H2,2H3. The fraction of sp³-hybridized carbons (Fsp3) is 0.529. The second-order valence-electron chi connectivity index (χ2n) is 5.13. The predicted molar refractivity (Wildman–Crippen MR) is 84.9 cm³/mol. The van der Waals surface area contributed by atoms with Crippen LogP contribution in [0.1, 0.15) is 11.1 Å². The van der Waals surface area contributed by atoms with E-state index in [4.69, 9.17) is 18.9 Å². The van der Waals surface area contributed by atoms with Gasteiger partial charge in [-0.1, -0.05) is 12.1 Å². The summed E-state index contributed by atoms with van der Waals surface area (Å²) in [6, 6.07) is 5.74. The molecule has 1 aliphatic heterocycles. The van der Waals surface area contributed by atoms with E-state index in [0.29, 0.717) is 13.2 Å². The molecular weight excluding hydrogens is 282 g/mol. The molecule has 5 heteroatoms. The second-order valence-corrected chi connectivity index (χ2v) is 5.13. The highest BCUT2D eigenvalue weighted by Crippen LogP contribution is 2.21. The summed E-state index contributed by atoms with van der Waals surface area (Å²) in [5.74, 6) is 0.765. The summed E-state index contributed by atoms with van der Waals surface area (Å²) < 4.78 is 21.7. The summed E-state index contributed by atoms with van der Waals surface area (Å²) >= 11 is 0. The molecule has 0 aliphatic carbocycles. The lowest BCUT2D eigenvalue weighted by Crippen LogP contribution is -2.38. The van der Waals surface area contributed by atoms with E-state index in [1.54, 1.807) is 13.7 Å². The monoisotopic (exact) mass is 307 g/mol. The zero-order chi connectivity index (χ0) is 15.6. The third-order valence-corrected chi connectivity index (χ3v) is 3.51. The highest BCUT2D eigenvalue weighted by molar-refractivity contribution is 5.41. The van der Waals surface area contributed by atoms with Crippen molar-refractivity contribution >= 4 is 0 Å². The molecule has 122 valence electrons. The van der Waals surface area contributed by atoms with E-state index in [0.717, 1.165) is 56.3 Å². The topological polar surface area (TPSA) is 40.2 Å². The fourth-order valence-corrected chi connectivity index (χ4v) is 2.23.